The van der Waals surface area contributed by atoms with Crippen molar-refractivity contribution in [3.63, 3.8) is 0 Å². The Morgan fingerprint density at radius 2 is 2.10 bits per heavy atom. The van der Waals surface area contributed by atoms with Gasteiger partial charge in [-0.3, -0.25) is 19.2 Å². The van der Waals surface area contributed by atoms with E-state index < -0.39 is 35.2 Å². The highest BCUT2D eigenvalue weighted by molar-refractivity contribution is 8.14. The zero-order valence-corrected chi connectivity index (χ0v) is 11.7. The van der Waals surface area contributed by atoms with Crippen LogP contribution < -0.4 is 10.1 Å². The van der Waals surface area contributed by atoms with Crippen molar-refractivity contribution in [2.24, 2.45) is 5.92 Å². The number of carboxylic acids is 1. The summed E-state index contributed by atoms with van der Waals surface area (Å²) in [5.41, 5.74) is 0.246. The Bertz CT molecular complexity index is 642. The van der Waals surface area contributed by atoms with Crippen molar-refractivity contribution in [2.75, 3.05) is 13.7 Å². The summed E-state index contributed by atoms with van der Waals surface area (Å²) < 4.78 is 5.01. The molecule has 1 heterocycles. The van der Waals surface area contributed by atoms with Crippen LogP contribution in [0.5, 0.6) is 5.75 Å². The molecule has 1 amide bonds. The van der Waals surface area contributed by atoms with Crippen LogP contribution >= 0.6 is 11.8 Å². The molecule has 0 saturated carbocycles. The molecular weight excluding hydrogens is 298 g/mol. The van der Waals surface area contributed by atoms with E-state index in [-0.39, 0.29) is 5.56 Å². The van der Waals surface area contributed by atoms with Crippen molar-refractivity contribution >= 4 is 34.5 Å². The summed E-state index contributed by atoms with van der Waals surface area (Å²) in [6.07, 6.45) is 0. The van der Waals surface area contributed by atoms with Gasteiger partial charge in [-0.2, -0.15) is 0 Å². The lowest BCUT2D eigenvalue weighted by atomic mass is 9.97. The lowest BCUT2D eigenvalue weighted by Crippen LogP contribution is -2.42. The van der Waals surface area contributed by atoms with Crippen molar-refractivity contribution in [1.29, 1.82) is 0 Å². The summed E-state index contributed by atoms with van der Waals surface area (Å²) in [5.74, 6) is -3.82. The molecule has 1 aromatic carbocycles. The Kier molecular flexibility index (Phi) is 4.27. The minimum atomic E-state index is -1.52. The number of Topliss-reactive ketones (excluding diaryl/α,β-unsaturated/α-hetero) is 1. The lowest BCUT2D eigenvalue weighted by molar-refractivity contribution is -0.139. The van der Waals surface area contributed by atoms with Crippen molar-refractivity contribution in [2.45, 2.75) is 4.90 Å². The average molecular weight is 309 g/mol. The highest BCUT2D eigenvalue weighted by Gasteiger charge is 2.40. The van der Waals surface area contributed by atoms with E-state index in [0.29, 0.717) is 10.6 Å². The van der Waals surface area contributed by atoms with Crippen LogP contribution in [0.1, 0.15) is 10.4 Å². The highest BCUT2D eigenvalue weighted by atomic mass is 32.2. The number of thioether (sulfide) groups is 1. The van der Waals surface area contributed by atoms with E-state index in [4.69, 9.17) is 9.84 Å². The minimum Gasteiger partial charge on any atom is -0.497 e. The first-order valence-electron chi connectivity index (χ1n) is 5.87. The molecule has 2 N–H and O–H groups in total. The maximum atomic E-state index is 12.2. The fourth-order valence-electron chi connectivity index (χ4n) is 1.84. The molecule has 0 saturated heterocycles. The van der Waals surface area contributed by atoms with Crippen molar-refractivity contribution in [3.05, 3.63) is 23.8 Å². The number of methoxy groups -OCH3 is 1. The maximum absolute atomic E-state index is 12.2. The molecule has 110 valence electrons. The van der Waals surface area contributed by atoms with Crippen LogP contribution in [0, 0.1) is 5.92 Å². The number of nitrogens with one attached hydrogen (secondary N) is 1. The van der Waals surface area contributed by atoms with Gasteiger partial charge in [-0.1, -0.05) is 0 Å². The molecule has 8 heteroatoms. The second kappa shape index (κ2) is 5.96. The van der Waals surface area contributed by atoms with Gasteiger partial charge in [0.2, 0.25) is 11.0 Å². The van der Waals surface area contributed by atoms with Crippen LogP contribution in [0.3, 0.4) is 0 Å². The van der Waals surface area contributed by atoms with E-state index in [1.807, 2.05) is 5.32 Å². The number of aliphatic carboxylic acids is 1. The van der Waals surface area contributed by atoms with Gasteiger partial charge in [0.05, 0.1) is 7.11 Å². The molecule has 0 spiro atoms. The summed E-state index contributed by atoms with van der Waals surface area (Å²) in [7, 11) is 1.46. The van der Waals surface area contributed by atoms with Gasteiger partial charge in [-0.15, -0.1) is 0 Å². The molecule has 0 radical (unpaired) electrons. The summed E-state index contributed by atoms with van der Waals surface area (Å²) in [6.45, 7) is -0.643. The normalized spacial score (nSPS) is 17.1. The number of rotatable bonds is 4. The number of carboxylic acid groups (broad SMARTS) is 1. The maximum Gasteiger partial charge on any atom is 0.322 e. The number of benzene rings is 1. The quantitative estimate of drug-likeness (QED) is 0.771. The molecule has 0 aromatic heterocycles. The Hall–Kier alpha value is -2.35. The van der Waals surface area contributed by atoms with Gasteiger partial charge in [0, 0.05) is 10.5 Å². The largest absolute Gasteiger partial charge is 0.497 e. The molecule has 1 aliphatic rings. The second-order valence-corrected chi connectivity index (χ2v) is 5.24. The van der Waals surface area contributed by atoms with Crippen LogP contribution in [0.2, 0.25) is 0 Å². The predicted molar refractivity (Wildman–Crippen MR) is 72.3 cm³/mol. The third-order valence-electron chi connectivity index (χ3n) is 2.84. The van der Waals surface area contributed by atoms with E-state index in [1.165, 1.54) is 13.2 Å². The van der Waals surface area contributed by atoms with Crippen molar-refractivity contribution < 1.29 is 29.0 Å². The molecule has 7 nitrogen and oxygen atoms in total. The van der Waals surface area contributed by atoms with E-state index in [9.17, 15) is 19.2 Å². The fraction of sp³-hybridized carbons (Fsp3) is 0.231. The monoisotopic (exact) mass is 309 g/mol. The van der Waals surface area contributed by atoms with Crippen molar-refractivity contribution in [1.82, 2.24) is 5.32 Å². The molecule has 1 atom stereocenters. The zero-order chi connectivity index (χ0) is 15.6. The zero-order valence-electron chi connectivity index (χ0n) is 10.9. The van der Waals surface area contributed by atoms with E-state index in [0.717, 1.165) is 11.8 Å². The Morgan fingerprint density at radius 1 is 1.38 bits per heavy atom. The van der Waals surface area contributed by atoms with Gasteiger partial charge in [-0.25, -0.2) is 0 Å². The topological polar surface area (TPSA) is 110 Å². The average Bonchev–Trinajstić information content (AvgIpc) is 2.44. The van der Waals surface area contributed by atoms with Gasteiger partial charge < -0.3 is 15.2 Å². The summed E-state index contributed by atoms with van der Waals surface area (Å²) in [4.78, 5) is 46.8. The standard InChI is InChI=1S/C13H11NO6S/c1-20-6-2-3-7-8(4-6)21-13(19)10(11(7)17)12(18)14-5-9(15)16/h2-4,10H,5H2,1H3,(H,14,18)(H,15,16). The molecule has 1 aromatic rings. The van der Waals surface area contributed by atoms with Crippen LogP contribution in [0.15, 0.2) is 23.1 Å². The molecule has 21 heavy (non-hydrogen) atoms. The smallest absolute Gasteiger partial charge is 0.322 e. The molecule has 0 aliphatic carbocycles. The van der Waals surface area contributed by atoms with Crippen LogP contribution in [0.4, 0.5) is 0 Å². The number of amides is 1. The van der Waals surface area contributed by atoms with Crippen LogP contribution in [-0.2, 0) is 14.4 Å². The van der Waals surface area contributed by atoms with E-state index in [1.54, 1.807) is 12.1 Å². The van der Waals surface area contributed by atoms with E-state index in [2.05, 4.69) is 0 Å². The van der Waals surface area contributed by atoms with Crippen LogP contribution in [0.25, 0.3) is 0 Å². The van der Waals surface area contributed by atoms with Gasteiger partial charge in [0.15, 0.2) is 11.7 Å². The fourth-order valence-corrected chi connectivity index (χ4v) is 2.84. The molecule has 2 rings (SSSR count). The Morgan fingerprint density at radius 3 is 2.71 bits per heavy atom. The van der Waals surface area contributed by atoms with Gasteiger partial charge >= 0.3 is 5.97 Å². The highest BCUT2D eigenvalue weighted by Crippen LogP contribution is 2.36. The molecule has 1 aliphatic heterocycles. The molecule has 1 unspecified atom stereocenters. The van der Waals surface area contributed by atoms with Crippen LogP contribution in [-0.4, -0.2) is 41.5 Å². The summed E-state index contributed by atoms with van der Waals surface area (Å²) in [6, 6.07) is 4.58. The number of hydrogen-bond donors (Lipinski definition) is 2. The Labute approximate surface area is 123 Å². The first-order valence-corrected chi connectivity index (χ1v) is 6.69. The first kappa shape index (κ1) is 15.0. The number of carbonyl (C=O) groups excluding carboxylic acids is 3. The minimum absolute atomic E-state index is 0.246. The number of ether oxygens (including phenoxy) is 1. The number of fused-ring (bicyclic) bond motifs is 1. The van der Waals surface area contributed by atoms with Gasteiger partial charge in [0.1, 0.15) is 12.3 Å². The van der Waals surface area contributed by atoms with Gasteiger partial charge in [0.25, 0.3) is 0 Å². The van der Waals surface area contributed by atoms with Crippen molar-refractivity contribution in [3.8, 4) is 5.75 Å². The van der Waals surface area contributed by atoms with E-state index >= 15 is 0 Å². The third-order valence-corrected chi connectivity index (χ3v) is 3.83. The summed E-state index contributed by atoms with van der Waals surface area (Å²) in [5, 5.41) is 9.92. The lowest BCUT2D eigenvalue weighted by Gasteiger charge is -2.21. The second-order valence-electron chi connectivity index (χ2n) is 4.19. The SMILES string of the molecule is COc1ccc2c(c1)SC(=O)C(C(=O)NCC(=O)O)C2=O. The third kappa shape index (κ3) is 3.05. The number of carbonyl (C=O) groups is 4. The predicted octanol–water partition coefficient (Wildman–Crippen LogP) is 0.327. The first-order chi connectivity index (χ1) is 9.93. The summed E-state index contributed by atoms with van der Waals surface area (Å²) >= 11 is 0.768. The molecular formula is C13H11NO6S. The van der Waals surface area contributed by atoms with Gasteiger partial charge in [-0.05, 0) is 30.0 Å². The Balaban J connectivity index is 2.26. The number of ketones is 1. The number of hydrogen-bond acceptors (Lipinski definition) is 6. The molecule has 0 fully saturated rings. The molecule has 0 bridgehead atoms.